The summed E-state index contributed by atoms with van der Waals surface area (Å²) < 4.78 is 83.6. The van der Waals surface area contributed by atoms with Crippen LogP contribution in [0.3, 0.4) is 0 Å². The summed E-state index contributed by atoms with van der Waals surface area (Å²) in [5.74, 6) is -2.45. The lowest BCUT2D eigenvalue weighted by atomic mass is 10.2. The number of sulfonamides is 1. The lowest BCUT2D eigenvalue weighted by Crippen LogP contribution is -2.13. The molecule has 2 aromatic heterocycles. The lowest BCUT2D eigenvalue weighted by molar-refractivity contribution is -0.159. The van der Waals surface area contributed by atoms with Crippen LogP contribution in [0.4, 0.5) is 23.2 Å². The number of benzene rings is 2. The van der Waals surface area contributed by atoms with Crippen molar-refractivity contribution in [3.05, 3.63) is 66.4 Å². The first-order valence-corrected chi connectivity index (χ1v) is 9.71. The largest absolute Gasteiger partial charge is 0.471 e. The Bertz CT molecular complexity index is 1340. The molecule has 30 heavy (non-hydrogen) atoms. The van der Waals surface area contributed by atoms with Gasteiger partial charge in [-0.3, -0.25) is 9.71 Å². The zero-order valence-corrected chi connectivity index (χ0v) is 15.5. The molecule has 2 heterocycles. The van der Waals surface area contributed by atoms with Gasteiger partial charge in [0.2, 0.25) is 5.82 Å². The highest BCUT2D eigenvalue weighted by molar-refractivity contribution is 7.93. The summed E-state index contributed by atoms with van der Waals surface area (Å²) in [6.07, 6.45) is -3.43. The number of nitrogens with one attached hydrogen (secondary N) is 1. The van der Waals surface area contributed by atoms with Crippen LogP contribution in [0.2, 0.25) is 0 Å². The average Bonchev–Trinajstić information content (AvgIpc) is 3.19. The number of pyridine rings is 1. The first-order valence-electron chi connectivity index (χ1n) is 8.22. The second-order valence-electron chi connectivity index (χ2n) is 6.05. The van der Waals surface area contributed by atoms with Crippen LogP contribution >= 0.6 is 0 Å². The van der Waals surface area contributed by atoms with Crippen molar-refractivity contribution in [2.24, 2.45) is 0 Å². The van der Waals surface area contributed by atoms with Crippen LogP contribution in [0.1, 0.15) is 5.89 Å². The molecule has 0 spiro atoms. The van der Waals surface area contributed by atoms with E-state index in [9.17, 15) is 26.0 Å². The van der Waals surface area contributed by atoms with Gasteiger partial charge in [-0.15, -0.1) is 0 Å². The molecular formula is C18H10F4N4O3S. The standard InChI is InChI=1S/C18H10F4N4O3S/c19-13-7-8-14(12-2-1-9-23-15(12)13)30(27,28)26-11-5-3-10(4-6-11)16-24-17(29-25-16)18(20,21)22/h1-9,26H. The predicted octanol–water partition coefficient (Wildman–Crippen LogP) is 4.24. The molecule has 1 N–H and O–H groups in total. The Morgan fingerprint density at radius 3 is 2.40 bits per heavy atom. The first-order chi connectivity index (χ1) is 14.1. The Morgan fingerprint density at radius 2 is 1.73 bits per heavy atom. The van der Waals surface area contributed by atoms with Gasteiger partial charge in [0.15, 0.2) is 0 Å². The topological polar surface area (TPSA) is 98.0 Å². The van der Waals surface area contributed by atoms with E-state index < -0.39 is 27.9 Å². The van der Waals surface area contributed by atoms with Crippen LogP contribution in [-0.4, -0.2) is 23.5 Å². The van der Waals surface area contributed by atoms with Crippen LogP contribution < -0.4 is 4.72 Å². The van der Waals surface area contributed by atoms with Crippen molar-refractivity contribution >= 4 is 26.6 Å². The maximum absolute atomic E-state index is 13.9. The SMILES string of the molecule is O=S(=O)(Nc1ccc(-c2noc(C(F)(F)F)n2)cc1)c1ccc(F)c2ncccc12. The number of hydrogen-bond acceptors (Lipinski definition) is 6. The number of halogens is 4. The number of alkyl halides is 3. The van der Waals surface area contributed by atoms with Crippen molar-refractivity contribution in [2.45, 2.75) is 11.1 Å². The molecule has 0 saturated heterocycles. The number of rotatable bonds is 4. The van der Waals surface area contributed by atoms with Gasteiger partial charge in [-0.05, 0) is 48.5 Å². The van der Waals surface area contributed by atoms with E-state index in [0.29, 0.717) is 0 Å². The third-order valence-corrected chi connectivity index (χ3v) is 5.47. The molecule has 0 atom stereocenters. The van der Waals surface area contributed by atoms with Crippen LogP contribution in [0, 0.1) is 5.82 Å². The highest BCUT2D eigenvalue weighted by Crippen LogP contribution is 2.30. The van der Waals surface area contributed by atoms with Crippen LogP contribution in [0.5, 0.6) is 0 Å². The van der Waals surface area contributed by atoms with Gasteiger partial charge in [0, 0.05) is 22.8 Å². The quantitative estimate of drug-likeness (QED) is 0.479. The van der Waals surface area contributed by atoms with Gasteiger partial charge in [-0.1, -0.05) is 5.16 Å². The molecule has 4 rings (SSSR count). The molecule has 0 aliphatic heterocycles. The molecule has 154 valence electrons. The monoisotopic (exact) mass is 438 g/mol. The summed E-state index contributed by atoms with van der Waals surface area (Å²) in [6.45, 7) is 0. The summed E-state index contributed by atoms with van der Waals surface area (Å²) in [5, 5.41) is 3.36. The van der Waals surface area contributed by atoms with E-state index >= 15 is 0 Å². The Balaban J connectivity index is 1.62. The second kappa shape index (κ2) is 7.06. The summed E-state index contributed by atoms with van der Waals surface area (Å²) in [6, 6.07) is 10.3. The summed E-state index contributed by atoms with van der Waals surface area (Å²) in [4.78, 5) is 6.94. The minimum atomic E-state index is -4.77. The smallest absolute Gasteiger partial charge is 0.329 e. The van der Waals surface area contributed by atoms with Crippen molar-refractivity contribution < 1.29 is 30.5 Å². The summed E-state index contributed by atoms with van der Waals surface area (Å²) >= 11 is 0. The zero-order valence-electron chi connectivity index (χ0n) is 14.7. The minimum Gasteiger partial charge on any atom is -0.329 e. The molecular weight excluding hydrogens is 428 g/mol. The second-order valence-corrected chi connectivity index (χ2v) is 7.70. The Kier molecular flexibility index (Phi) is 4.65. The fourth-order valence-corrected chi connectivity index (χ4v) is 3.96. The molecule has 0 aliphatic carbocycles. The third kappa shape index (κ3) is 3.68. The van der Waals surface area contributed by atoms with Crippen LogP contribution in [0.15, 0.2) is 64.1 Å². The molecule has 0 amide bonds. The van der Waals surface area contributed by atoms with E-state index in [0.717, 1.165) is 12.1 Å². The molecule has 0 bridgehead atoms. The van der Waals surface area contributed by atoms with Crippen molar-refractivity contribution in [3.8, 4) is 11.4 Å². The van der Waals surface area contributed by atoms with Gasteiger partial charge in [0.05, 0.1) is 4.90 Å². The molecule has 0 unspecified atom stereocenters. The van der Waals surface area contributed by atoms with Crippen molar-refractivity contribution in [1.29, 1.82) is 0 Å². The maximum Gasteiger partial charge on any atom is 0.471 e. The number of aromatic nitrogens is 3. The Hall–Kier alpha value is -3.54. The van der Waals surface area contributed by atoms with Crippen molar-refractivity contribution in [2.75, 3.05) is 4.72 Å². The van der Waals surface area contributed by atoms with E-state index in [-0.39, 0.29) is 32.9 Å². The molecule has 2 aromatic carbocycles. The number of hydrogen-bond donors (Lipinski definition) is 1. The van der Waals surface area contributed by atoms with E-state index in [1.54, 1.807) is 0 Å². The minimum absolute atomic E-state index is 0.0895. The zero-order chi connectivity index (χ0) is 21.5. The van der Waals surface area contributed by atoms with E-state index in [1.165, 1.54) is 42.6 Å². The van der Waals surface area contributed by atoms with Gasteiger partial charge in [-0.25, -0.2) is 12.8 Å². The average molecular weight is 438 g/mol. The van der Waals surface area contributed by atoms with Gasteiger partial charge >= 0.3 is 12.1 Å². The van der Waals surface area contributed by atoms with Crippen molar-refractivity contribution in [3.63, 3.8) is 0 Å². The van der Waals surface area contributed by atoms with Crippen molar-refractivity contribution in [1.82, 2.24) is 15.1 Å². The highest BCUT2D eigenvalue weighted by Gasteiger charge is 2.38. The molecule has 0 saturated carbocycles. The number of fused-ring (bicyclic) bond motifs is 1. The molecule has 7 nitrogen and oxygen atoms in total. The Labute approximate surface area is 166 Å². The van der Waals surface area contributed by atoms with Gasteiger partial charge < -0.3 is 4.52 Å². The van der Waals surface area contributed by atoms with Gasteiger partial charge in [-0.2, -0.15) is 18.2 Å². The molecule has 0 fully saturated rings. The number of nitrogens with zero attached hydrogens (tertiary/aromatic N) is 3. The third-order valence-electron chi connectivity index (χ3n) is 4.03. The molecule has 12 heteroatoms. The Morgan fingerprint density at radius 1 is 1.00 bits per heavy atom. The fraction of sp³-hybridized carbons (Fsp3) is 0.0556. The maximum atomic E-state index is 13.9. The molecule has 4 aromatic rings. The fourth-order valence-electron chi connectivity index (χ4n) is 2.70. The number of anilines is 1. The summed E-state index contributed by atoms with van der Waals surface area (Å²) in [5.41, 5.74) is 0.224. The van der Waals surface area contributed by atoms with E-state index in [2.05, 4.69) is 24.4 Å². The lowest BCUT2D eigenvalue weighted by Gasteiger charge is -2.11. The van der Waals surface area contributed by atoms with E-state index in [1.807, 2.05) is 0 Å². The first kappa shape index (κ1) is 19.8. The summed E-state index contributed by atoms with van der Waals surface area (Å²) in [7, 11) is -4.10. The highest BCUT2D eigenvalue weighted by atomic mass is 32.2. The van der Waals surface area contributed by atoms with Gasteiger partial charge in [0.25, 0.3) is 10.0 Å². The predicted molar refractivity (Wildman–Crippen MR) is 97.2 cm³/mol. The van der Waals surface area contributed by atoms with Crippen LogP contribution in [0.25, 0.3) is 22.3 Å². The molecule has 0 aliphatic rings. The molecule has 0 radical (unpaired) electrons. The van der Waals surface area contributed by atoms with Crippen LogP contribution in [-0.2, 0) is 16.2 Å². The van der Waals surface area contributed by atoms with E-state index in [4.69, 9.17) is 0 Å². The normalized spacial score (nSPS) is 12.3. The van der Waals surface area contributed by atoms with Gasteiger partial charge in [0.1, 0.15) is 11.3 Å².